The number of para-hydroxylation sites is 2. The first-order valence-corrected chi connectivity index (χ1v) is 11.4. The molecule has 4 aromatic rings. The number of aryl methyl sites for hydroxylation is 2. The van der Waals surface area contributed by atoms with Crippen LogP contribution in [-0.2, 0) is 20.9 Å². The maximum atomic E-state index is 12.7. The van der Waals surface area contributed by atoms with E-state index in [1.54, 1.807) is 16.7 Å². The molecule has 0 saturated carbocycles. The van der Waals surface area contributed by atoms with Crippen molar-refractivity contribution in [2.45, 2.75) is 33.7 Å². The largest absolute Gasteiger partial charge is 0.456 e. The third-order valence-corrected chi connectivity index (χ3v) is 6.07. The number of rotatable bonds is 7. The van der Waals surface area contributed by atoms with Crippen LogP contribution in [0.4, 0.5) is 5.82 Å². The summed E-state index contributed by atoms with van der Waals surface area (Å²) >= 11 is 0. The average molecular weight is 484 g/mol. The van der Waals surface area contributed by atoms with Gasteiger partial charge in [0.1, 0.15) is 11.9 Å². The number of hydrogen-bond donors (Lipinski definition) is 1. The summed E-state index contributed by atoms with van der Waals surface area (Å²) in [7, 11) is 0. The van der Waals surface area contributed by atoms with Crippen molar-refractivity contribution in [3.05, 3.63) is 87.6 Å². The van der Waals surface area contributed by atoms with Gasteiger partial charge >= 0.3 is 5.97 Å². The third-order valence-electron chi connectivity index (χ3n) is 6.07. The lowest BCUT2D eigenvalue weighted by molar-refractivity contribution is -0.147. The zero-order valence-electron chi connectivity index (χ0n) is 20.2. The molecule has 9 nitrogen and oxygen atoms in total. The van der Waals surface area contributed by atoms with Crippen molar-refractivity contribution in [1.82, 2.24) is 14.1 Å². The first-order valence-electron chi connectivity index (χ1n) is 11.4. The molecule has 36 heavy (non-hydrogen) atoms. The van der Waals surface area contributed by atoms with E-state index in [0.29, 0.717) is 22.3 Å². The molecule has 0 aliphatic heterocycles. The van der Waals surface area contributed by atoms with E-state index < -0.39 is 18.5 Å². The first-order chi connectivity index (χ1) is 17.3. The van der Waals surface area contributed by atoms with Gasteiger partial charge in [-0.15, -0.1) is 0 Å². The fraction of sp³-hybridized carbons (Fsp3) is 0.222. The number of carbonyl (C=O) groups excluding carboxylic acids is 2. The van der Waals surface area contributed by atoms with Crippen LogP contribution in [0.25, 0.3) is 16.6 Å². The number of nitrogens with one attached hydrogen (secondary N) is 1. The molecule has 0 fully saturated rings. The Labute approximate surface area is 207 Å². The van der Waals surface area contributed by atoms with Crippen LogP contribution < -0.4 is 10.9 Å². The van der Waals surface area contributed by atoms with Gasteiger partial charge in [-0.1, -0.05) is 30.3 Å². The van der Waals surface area contributed by atoms with Gasteiger partial charge in [-0.05, 0) is 50.1 Å². The number of ether oxygens (including phenoxy) is 1. The summed E-state index contributed by atoms with van der Waals surface area (Å²) in [6, 6.07) is 16.8. The number of aromatic nitrogens is 3. The van der Waals surface area contributed by atoms with Gasteiger partial charge in [-0.2, -0.15) is 5.26 Å². The van der Waals surface area contributed by atoms with Crippen molar-refractivity contribution >= 4 is 28.6 Å². The van der Waals surface area contributed by atoms with Gasteiger partial charge < -0.3 is 10.1 Å². The van der Waals surface area contributed by atoms with E-state index in [1.165, 1.54) is 10.9 Å². The molecule has 0 atom stereocenters. The minimum Gasteiger partial charge on any atom is -0.456 e. The molecule has 4 rings (SSSR count). The second-order valence-electron chi connectivity index (χ2n) is 8.39. The van der Waals surface area contributed by atoms with E-state index in [2.05, 4.69) is 16.4 Å². The molecule has 182 valence electrons. The number of anilines is 1. The Morgan fingerprint density at radius 3 is 2.56 bits per heavy atom. The predicted molar refractivity (Wildman–Crippen MR) is 135 cm³/mol. The van der Waals surface area contributed by atoms with Crippen LogP contribution in [0.15, 0.2) is 59.7 Å². The molecule has 0 radical (unpaired) electrons. The van der Waals surface area contributed by atoms with E-state index >= 15 is 0 Å². The van der Waals surface area contributed by atoms with Crippen LogP contribution in [0, 0.1) is 32.1 Å². The molecule has 0 bridgehead atoms. The summed E-state index contributed by atoms with van der Waals surface area (Å²) < 4.78 is 8.26. The van der Waals surface area contributed by atoms with Crippen molar-refractivity contribution < 1.29 is 14.3 Å². The molecular formula is C27H25N5O4. The minimum atomic E-state index is -0.632. The monoisotopic (exact) mass is 483 g/mol. The van der Waals surface area contributed by atoms with Gasteiger partial charge in [-0.25, -0.2) is 4.98 Å². The fourth-order valence-corrected chi connectivity index (χ4v) is 4.06. The standard InChI is InChI=1S/C27H25N5O4/c1-17-8-7-11-21-25(17)29-16-31(27(21)35)13-12-24(34)36-15-23(33)30-26-22(14-28)18(2)19(3)32(26)20-9-5-4-6-10-20/h4-11,16H,12-13,15H2,1-3H3,(H,30,33). The normalized spacial score (nSPS) is 10.7. The van der Waals surface area contributed by atoms with E-state index in [0.717, 1.165) is 22.5 Å². The molecule has 0 unspecified atom stereocenters. The molecule has 1 amide bonds. The molecule has 2 heterocycles. The van der Waals surface area contributed by atoms with Crippen LogP contribution in [0.3, 0.4) is 0 Å². The second-order valence-corrected chi connectivity index (χ2v) is 8.39. The molecule has 0 aliphatic carbocycles. The van der Waals surface area contributed by atoms with Crippen LogP contribution in [0.5, 0.6) is 0 Å². The smallest absolute Gasteiger partial charge is 0.308 e. The fourth-order valence-electron chi connectivity index (χ4n) is 4.06. The number of amides is 1. The molecule has 1 N–H and O–H groups in total. The highest BCUT2D eigenvalue weighted by molar-refractivity contribution is 5.94. The Bertz CT molecular complexity index is 1560. The van der Waals surface area contributed by atoms with E-state index in [1.807, 2.05) is 57.2 Å². The summed E-state index contributed by atoms with van der Waals surface area (Å²) in [6.45, 7) is 5.11. The second kappa shape index (κ2) is 10.3. The van der Waals surface area contributed by atoms with E-state index in [9.17, 15) is 19.6 Å². The maximum Gasteiger partial charge on any atom is 0.308 e. The van der Waals surface area contributed by atoms with Gasteiger partial charge in [0.15, 0.2) is 6.61 Å². The summed E-state index contributed by atoms with van der Waals surface area (Å²) in [5.74, 6) is -0.883. The quantitative estimate of drug-likeness (QED) is 0.402. The third kappa shape index (κ3) is 4.74. The molecule has 0 saturated heterocycles. The number of nitrogens with zero attached hydrogens (tertiary/aromatic N) is 4. The lowest BCUT2D eigenvalue weighted by Crippen LogP contribution is -2.25. The van der Waals surface area contributed by atoms with Crippen molar-refractivity contribution in [1.29, 1.82) is 5.26 Å². The highest BCUT2D eigenvalue weighted by Gasteiger charge is 2.21. The van der Waals surface area contributed by atoms with Crippen LogP contribution >= 0.6 is 0 Å². The predicted octanol–water partition coefficient (Wildman–Crippen LogP) is 3.56. The van der Waals surface area contributed by atoms with Crippen molar-refractivity contribution in [2.75, 3.05) is 11.9 Å². The Kier molecular flexibility index (Phi) is 6.97. The van der Waals surface area contributed by atoms with E-state index in [4.69, 9.17) is 4.74 Å². The van der Waals surface area contributed by atoms with Crippen LogP contribution in [0.2, 0.25) is 0 Å². The van der Waals surface area contributed by atoms with Gasteiger partial charge in [-0.3, -0.25) is 23.5 Å². The molecule has 9 heteroatoms. The topological polar surface area (TPSA) is 119 Å². The molecule has 2 aromatic heterocycles. The number of fused-ring (bicyclic) bond motifs is 1. The highest BCUT2D eigenvalue weighted by Crippen LogP contribution is 2.29. The summed E-state index contributed by atoms with van der Waals surface area (Å²) in [5, 5.41) is 12.9. The van der Waals surface area contributed by atoms with Crippen molar-refractivity contribution in [3.63, 3.8) is 0 Å². The van der Waals surface area contributed by atoms with Crippen LogP contribution in [-0.4, -0.2) is 32.6 Å². The lowest BCUT2D eigenvalue weighted by Gasteiger charge is -2.13. The Hall–Kier alpha value is -4.71. The number of esters is 1. The zero-order chi connectivity index (χ0) is 25.8. The van der Waals surface area contributed by atoms with Gasteiger partial charge in [0.05, 0.1) is 29.2 Å². The molecule has 0 spiro atoms. The van der Waals surface area contributed by atoms with Crippen LogP contribution in [0.1, 0.15) is 28.8 Å². The Balaban J connectivity index is 1.41. The van der Waals surface area contributed by atoms with Crippen molar-refractivity contribution in [3.8, 4) is 11.8 Å². The van der Waals surface area contributed by atoms with Gasteiger partial charge in [0.25, 0.3) is 11.5 Å². The summed E-state index contributed by atoms with van der Waals surface area (Å²) in [6.07, 6.45) is 1.30. The molecule has 0 aliphatic rings. The summed E-state index contributed by atoms with van der Waals surface area (Å²) in [5.41, 5.74) is 3.97. The van der Waals surface area contributed by atoms with E-state index in [-0.39, 0.29) is 18.5 Å². The minimum absolute atomic E-state index is 0.0734. The maximum absolute atomic E-state index is 12.7. The Morgan fingerprint density at radius 1 is 1.08 bits per heavy atom. The zero-order valence-corrected chi connectivity index (χ0v) is 20.2. The summed E-state index contributed by atoms with van der Waals surface area (Å²) in [4.78, 5) is 41.9. The first kappa shape index (κ1) is 24.4. The average Bonchev–Trinajstić information content (AvgIpc) is 3.11. The number of benzene rings is 2. The number of nitriles is 1. The number of carbonyl (C=O) groups is 2. The SMILES string of the molecule is Cc1c(C#N)c(NC(=O)COC(=O)CCn2cnc3c(C)cccc3c2=O)n(-c2ccccc2)c1C. The van der Waals surface area contributed by atoms with Crippen molar-refractivity contribution in [2.24, 2.45) is 0 Å². The van der Waals surface area contributed by atoms with Gasteiger partial charge in [0, 0.05) is 17.9 Å². The highest BCUT2D eigenvalue weighted by atomic mass is 16.5. The van der Waals surface area contributed by atoms with Gasteiger partial charge in [0.2, 0.25) is 0 Å². The lowest BCUT2D eigenvalue weighted by atomic mass is 10.1. The molecule has 2 aromatic carbocycles. The number of hydrogen-bond acceptors (Lipinski definition) is 6. The Morgan fingerprint density at radius 2 is 1.83 bits per heavy atom. The molecular weight excluding hydrogens is 458 g/mol.